The fourth-order valence-electron chi connectivity index (χ4n) is 5.52. The monoisotopic (exact) mass is 663 g/mol. The van der Waals surface area contributed by atoms with Gasteiger partial charge in [0, 0.05) is 12.6 Å². The second kappa shape index (κ2) is 23.0. The third-order valence-electron chi connectivity index (χ3n) is 8.20. The van der Waals surface area contributed by atoms with Crippen molar-refractivity contribution in [3.63, 3.8) is 0 Å². The van der Waals surface area contributed by atoms with Crippen LogP contribution in [0.25, 0.3) is 0 Å². The lowest BCUT2D eigenvalue weighted by Gasteiger charge is -2.21. The van der Waals surface area contributed by atoms with Gasteiger partial charge in [0.2, 0.25) is 6.23 Å². The number of halogens is 2. The Balaban J connectivity index is 1.79. The van der Waals surface area contributed by atoms with Gasteiger partial charge in [-0.25, -0.2) is 18.1 Å². The van der Waals surface area contributed by atoms with Gasteiger partial charge in [0.25, 0.3) is 5.92 Å². The van der Waals surface area contributed by atoms with Crippen molar-refractivity contribution < 1.29 is 31.7 Å². The van der Waals surface area contributed by atoms with Crippen molar-refractivity contribution in [3.05, 3.63) is 22.7 Å². The van der Waals surface area contributed by atoms with Gasteiger partial charge in [-0.3, -0.25) is 18.1 Å². The van der Waals surface area contributed by atoms with Crippen molar-refractivity contribution in [2.24, 2.45) is 0 Å². The summed E-state index contributed by atoms with van der Waals surface area (Å²) in [5.74, 6) is -3.44. The first-order valence-corrected chi connectivity index (χ1v) is 19.1. The van der Waals surface area contributed by atoms with E-state index in [9.17, 15) is 18.1 Å². The minimum atomic E-state index is -4.00. The maximum absolute atomic E-state index is 14.8. The van der Waals surface area contributed by atoms with Crippen LogP contribution in [0.15, 0.2) is 17.1 Å². The topological polar surface area (TPSA) is 115 Å². The zero-order chi connectivity index (χ0) is 32.8. The predicted octanol–water partition coefficient (Wildman–Crippen LogP) is 9.75. The summed E-state index contributed by atoms with van der Waals surface area (Å²) in [6.45, 7) is 4.41. The number of ether oxygens (including phenoxy) is 1. The molecule has 1 fully saturated rings. The number of unbranched alkanes of at least 4 members (excludes halogenated alkanes) is 18. The van der Waals surface area contributed by atoms with E-state index in [1.165, 1.54) is 83.1 Å². The zero-order valence-corrected chi connectivity index (χ0v) is 28.8. The number of nitrogen functional groups attached to an aromatic ring is 1. The molecule has 1 saturated heterocycles. The SMILES string of the molecule is CCCCCCCCCCCCOP(=O)(OCCCCCCCCCCCC)OC[C@@H]1CC(F)(F)[C@H](n2ccc(N)nc2=O)O1. The van der Waals surface area contributed by atoms with E-state index in [2.05, 4.69) is 18.8 Å². The number of phosphoric acid groups is 1. The van der Waals surface area contributed by atoms with Crippen LogP contribution in [0.4, 0.5) is 14.6 Å². The highest BCUT2D eigenvalue weighted by molar-refractivity contribution is 7.48. The third kappa shape index (κ3) is 16.8. The van der Waals surface area contributed by atoms with Crippen LogP contribution in [0.2, 0.25) is 0 Å². The van der Waals surface area contributed by atoms with Crippen LogP contribution < -0.4 is 11.4 Å². The molecule has 2 N–H and O–H groups in total. The maximum Gasteiger partial charge on any atom is 0.474 e. The van der Waals surface area contributed by atoms with E-state index in [1.54, 1.807) is 0 Å². The van der Waals surface area contributed by atoms with Crippen molar-refractivity contribution in [2.75, 3.05) is 25.6 Å². The molecule has 262 valence electrons. The summed E-state index contributed by atoms with van der Waals surface area (Å²) < 4.78 is 66.2. The largest absolute Gasteiger partial charge is 0.474 e. The van der Waals surface area contributed by atoms with E-state index in [1.807, 2.05) is 0 Å². The number of nitrogens with two attached hydrogens (primary N) is 1. The zero-order valence-electron chi connectivity index (χ0n) is 27.9. The Morgan fingerprint density at radius 1 is 0.822 bits per heavy atom. The summed E-state index contributed by atoms with van der Waals surface area (Å²) in [4.78, 5) is 15.7. The smallest absolute Gasteiger partial charge is 0.383 e. The fraction of sp³-hybridized carbons (Fsp3) is 0.879. The Bertz CT molecular complexity index is 985. The van der Waals surface area contributed by atoms with Gasteiger partial charge in [-0.2, -0.15) is 4.98 Å². The lowest BCUT2D eigenvalue weighted by molar-refractivity contribution is -0.120. The molecule has 45 heavy (non-hydrogen) atoms. The molecule has 1 aliphatic rings. The molecule has 0 spiro atoms. The normalized spacial score (nSPS) is 18.1. The molecule has 12 heteroatoms. The van der Waals surface area contributed by atoms with Crippen molar-refractivity contribution in [2.45, 2.75) is 167 Å². The summed E-state index contributed by atoms with van der Waals surface area (Å²) in [7, 11) is -4.00. The van der Waals surface area contributed by atoms with Gasteiger partial charge < -0.3 is 10.5 Å². The maximum atomic E-state index is 14.8. The van der Waals surface area contributed by atoms with E-state index in [-0.39, 0.29) is 19.0 Å². The van der Waals surface area contributed by atoms with Crippen molar-refractivity contribution in [1.82, 2.24) is 9.55 Å². The highest BCUT2D eigenvalue weighted by atomic mass is 31.2. The van der Waals surface area contributed by atoms with Gasteiger partial charge in [0.1, 0.15) is 5.82 Å². The molecular weight excluding hydrogens is 603 g/mol. The molecule has 0 unspecified atom stereocenters. The number of hydrogen-bond donors (Lipinski definition) is 1. The third-order valence-corrected chi connectivity index (χ3v) is 9.66. The van der Waals surface area contributed by atoms with Crippen LogP contribution in [-0.4, -0.2) is 41.4 Å². The van der Waals surface area contributed by atoms with Gasteiger partial charge in [0.15, 0.2) is 0 Å². The summed E-state index contributed by atoms with van der Waals surface area (Å²) in [6.07, 6.45) is 20.5. The Labute approximate surface area is 269 Å². The molecule has 0 amide bonds. The molecule has 1 aliphatic heterocycles. The Hall–Kier alpha value is -1.39. The lowest BCUT2D eigenvalue weighted by atomic mass is 10.1. The second-order valence-corrected chi connectivity index (χ2v) is 14.1. The summed E-state index contributed by atoms with van der Waals surface area (Å²) in [6, 6.07) is 1.25. The standard InChI is InChI=1S/C33H60F2N3O6P/c1-3-5-7-9-11-13-15-17-19-21-25-41-45(40,42-26-22-20-18-16-14-12-10-8-6-4-2)43-28-29-27-33(34,35)31(44-29)38-24-23-30(36)37-32(38)39/h23-24,29,31H,3-22,25-28H2,1-2H3,(H2,36,37,39)/t29-,31+/m0/s1. The predicted molar refractivity (Wildman–Crippen MR) is 176 cm³/mol. The van der Waals surface area contributed by atoms with Crippen LogP contribution >= 0.6 is 7.82 Å². The average molecular weight is 664 g/mol. The van der Waals surface area contributed by atoms with Crippen molar-refractivity contribution >= 4 is 13.6 Å². The number of rotatable bonds is 28. The van der Waals surface area contributed by atoms with Gasteiger partial charge in [-0.05, 0) is 18.9 Å². The Morgan fingerprint density at radius 3 is 1.71 bits per heavy atom. The molecule has 9 nitrogen and oxygen atoms in total. The number of hydrogen-bond acceptors (Lipinski definition) is 8. The van der Waals surface area contributed by atoms with Crippen LogP contribution in [0.1, 0.15) is 155 Å². The summed E-state index contributed by atoms with van der Waals surface area (Å²) in [5.41, 5.74) is 4.55. The van der Waals surface area contributed by atoms with E-state index in [4.69, 9.17) is 24.0 Å². The minimum absolute atomic E-state index is 0.0718. The Morgan fingerprint density at radius 2 is 1.27 bits per heavy atom. The number of phosphoric ester groups is 1. The first-order valence-electron chi connectivity index (χ1n) is 17.6. The quantitative estimate of drug-likeness (QED) is 0.0696. The van der Waals surface area contributed by atoms with Gasteiger partial charge in [0.05, 0.1) is 25.9 Å². The molecule has 2 heterocycles. The number of anilines is 1. The minimum Gasteiger partial charge on any atom is -0.383 e. The summed E-state index contributed by atoms with van der Waals surface area (Å²) in [5, 5.41) is 0. The van der Waals surface area contributed by atoms with Crippen LogP contribution in [0.5, 0.6) is 0 Å². The van der Waals surface area contributed by atoms with Gasteiger partial charge >= 0.3 is 13.5 Å². The molecule has 1 aromatic heterocycles. The lowest BCUT2D eigenvalue weighted by Crippen LogP contribution is -2.35. The first-order chi connectivity index (χ1) is 21.7. The highest BCUT2D eigenvalue weighted by Crippen LogP contribution is 2.51. The molecule has 0 aromatic carbocycles. The molecule has 0 aliphatic carbocycles. The first kappa shape index (κ1) is 39.8. The van der Waals surface area contributed by atoms with E-state index >= 15 is 0 Å². The fourth-order valence-corrected chi connectivity index (χ4v) is 6.80. The van der Waals surface area contributed by atoms with E-state index in [0.29, 0.717) is 17.4 Å². The molecule has 2 atom stereocenters. The van der Waals surface area contributed by atoms with Gasteiger partial charge in [-0.15, -0.1) is 0 Å². The summed E-state index contributed by atoms with van der Waals surface area (Å²) >= 11 is 0. The molecule has 0 radical (unpaired) electrons. The molecule has 0 bridgehead atoms. The van der Waals surface area contributed by atoms with Crippen LogP contribution in [0.3, 0.4) is 0 Å². The van der Waals surface area contributed by atoms with E-state index in [0.717, 1.165) is 44.7 Å². The molecule has 2 rings (SSSR count). The number of nitrogens with zero attached hydrogens (tertiary/aromatic N) is 2. The number of alkyl halides is 2. The number of aromatic nitrogens is 2. The highest BCUT2D eigenvalue weighted by Gasteiger charge is 2.52. The van der Waals surface area contributed by atoms with Gasteiger partial charge in [-0.1, -0.05) is 129 Å². The van der Waals surface area contributed by atoms with Crippen LogP contribution in [0, 0.1) is 0 Å². The van der Waals surface area contributed by atoms with Crippen molar-refractivity contribution in [3.8, 4) is 0 Å². The second-order valence-electron chi connectivity index (χ2n) is 12.4. The van der Waals surface area contributed by atoms with E-state index < -0.39 is 44.8 Å². The van der Waals surface area contributed by atoms with Crippen LogP contribution in [-0.2, 0) is 22.9 Å². The Kier molecular flexibility index (Phi) is 20.4. The molecular formula is C33H60F2N3O6P. The molecule has 1 aromatic rings. The van der Waals surface area contributed by atoms with Crippen molar-refractivity contribution in [1.29, 1.82) is 0 Å². The average Bonchev–Trinajstić information content (AvgIpc) is 3.31. The molecule has 0 saturated carbocycles.